The van der Waals surface area contributed by atoms with Crippen LogP contribution in [0.4, 0.5) is 0 Å². The molecule has 0 spiro atoms. The Kier molecular flexibility index (Phi) is 5.19. The largest absolute Gasteiger partial charge is 0.491 e. The summed E-state index contributed by atoms with van der Waals surface area (Å²) in [4.78, 5) is 12.5. The van der Waals surface area contributed by atoms with Crippen LogP contribution in [0.2, 0.25) is 0 Å². The summed E-state index contributed by atoms with van der Waals surface area (Å²) >= 11 is 4.10. The molecule has 2 aromatic rings. The Balaban J connectivity index is 1.62. The van der Waals surface area contributed by atoms with Gasteiger partial charge in [0, 0.05) is 24.2 Å². The van der Waals surface area contributed by atoms with Gasteiger partial charge in [-0.05, 0) is 24.1 Å². The normalized spacial score (nSPS) is 18.7. The third-order valence-corrected chi connectivity index (χ3v) is 4.74. The minimum Gasteiger partial charge on any atom is -0.491 e. The highest BCUT2D eigenvalue weighted by Crippen LogP contribution is 2.33. The van der Waals surface area contributed by atoms with Crippen molar-refractivity contribution in [2.45, 2.75) is 19.1 Å². The van der Waals surface area contributed by atoms with Crippen LogP contribution in [0.5, 0.6) is 11.5 Å². The molecule has 7 heteroatoms. The summed E-state index contributed by atoms with van der Waals surface area (Å²) in [7, 11) is 0. The molecule has 1 atom stereocenters. The first-order valence-electron chi connectivity index (χ1n) is 8.68. The summed E-state index contributed by atoms with van der Waals surface area (Å²) < 4.78 is 24.1. The molecule has 1 aromatic carbocycles. The molecule has 138 valence electrons. The maximum absolute atomic E-state index is 12.5. The van der Waals surface area contributed by atoms with Crippen molar-refractivity contribution in [1.29, 1.82) is 0 Å². The summed E-state index contributed by atoms with van der Waals surface area (Å²) in [6.45, 7) is 2.72. The lowest BCUT2D eigenvalue weighted by molar-refractivity contribution is -0.101. The van der Waals surface area contributed by atoms with Crippen LogP contribution in [0, 0.1) is 0 Å². The van der Waals surface area contributed by atoms with Gasteiger partial charge in [0.2, 0.25) is 0 Å². The van der Waals surface area contributed by atoms with Crippen LogP contribution in [-0.4, -0.2) is 43.0 Å². The fourth-order valence-electron chi connectivity index (χ4n) is 3.34. The number of rotatable bonds is 5. The van der Waals surface area contributed by atoms with Crippen LogP contribution in [0.25, 0.3) is 11.3 Å². The van der Waals surface area contributed by atoms with E-state index in [9.17, 15) is 4.79 Å². The van der Waals surface area contributed by atoms with Crippen LogP contribution >= 0.6 is 12.6 Å². The third kappa shape index (κ3) is 3.60. The maximum Gasteiger partial charge on any atom is 0.254 e. The van der Waals surface area contributed by atoms with E-state index in [1.165, 1.54) is 11.6 Å². The summed E-state index contributed by atoms with van der Waals surface area (Å²) in [5, 5.41) is 0. The molecule has 2 aliphatic rings. The second-order valence-electron chi connectivity index (χ2n) is 6.29. The van der Waals surface area contributed by atoms with Gasteiger partial charge >= 0.3 is 0 Å². The fourth-order valence-corrected chi connectivity index (χ4v) is 3.49. The van der Waals surface area contributed by atoms with Crippen LogP contribution in [-0.2, 0) is 22.4 Å². The lowest BCUT2D eigenvalue weighted by atomic mass is 9.97. The Morgan fingerprint density at radius 3 is 2.88 bits per heavy atom. The van der Waals surface area contributed by atoms with E-state index in [2.05, 4.69) is 12.6 Å². The van der Waals surface area contributed by atoms with Gasteiger partial charge in [-0.15, -0.1) is 12.6 Å². The van der Waals surface area contributed by atoms with Gasteiger partial charge in [-0.1, -0.05) is 6.07 Å². The van der Waals surface area contributed by atoms with Crippen molar-refractivity contribution in [3.8, 4) is 22.8 Å². The van der Waals surface area contributed by atoms with Crippen molar-refractivity contribution in [2.75, 3.05) is 32.4 Å². The van der Waals surface area contributed by atoms with Crippen LogP contribution in [0.1, 0.15) is 5.56 Å². The van der Waals surface area contributed by atoms with Crippen LogP contribution in [0.15, 0.2) is 35.1 Å². The molecular weight excluding hydrogens is 354 g/mol. The smallest absolute Gasteiger partial charge is 0.254 e. The number of benzene rings is 1. The maximum atomic E-state index is 12.5. The lowest BCUT2D eigenvalue weighted by Crippen LogP contribution is -2.33. The SMILES string of the molecule is O=c1cc(OC[C@H]2COCCO2)cc2n1CCc1ccc(OCS)cc1-2. The van der Waals surface area contributed by atoms with Crippen molar-refractivity contribution >= 4 is 12.6 Å². The minimum absolute atomic E-state index is 0.0653. The van der Waals surface area contributed by atoms with Crippen LogP contribution < -0.4 is 15.0 Å². The summed E-state index contributed by atoms with van der Waals surface area (Å²) in [6.07, 6.45) is 0.710. The van der Waals surface area contributed by atoms with Crippen molar-refractivity contribution in [3.63, 3.8) is 0 Å². The second kappa shape index (κ2) is 7.73. The van der Waals surface area contributed by atoms with E-state index in [4.69, 9.17) is 18.9 Å². The topological polar surface area (TPSA) is 58.9 Å². The summed E-state index contributed by atoms with van der Waals surface area (Å²) in [5.74, 6) is 1.58. The molecule has 1 saturated heterocycles. The van der Waals surface area contributed by atoms with E-state index < -0.39 is 0 Å². The van der Waals surface area contributed by atoms with Crippen molar-refractivity contribution in [1.82, 2.24) is 4.57 Å². The predicted octanol–water partition coefficient (Wildman–Crippen LogP) is 2.13. The van der Waals surface area contributed by atoms with E-state index in [-0.39, 0.29) is 11.7 Å². The Morgan fingerprint density at radius 1 is 1.15 bits per heavy atom. The molecule has 0 amide bonds. The number of aryl methyl sites for hydroxylation is 1. The van der Waals surface area contributed by atoms with Gasteiger partial charge in [-0.25, -0.2) is 0 Å². The molecule has 0 aliphatic carbocycles. The van der Waals surface area contributed by atoms with Gasteiger partial charge in [-0.2, -0.15) is 0 Å². The number of thiol groups is 1. The Labute approximate surface area is 157 Å². The average Bonchev–Trinajstić information content (AvgIpc) is 2.67. The Morgan fingerprint density at radius 2 is 2.08 bits per heavy atom. The summed E-state index contributed by atoms with van der Waals surface area (Å²) in [6, 6.07) is 9.38. The highest BCUT2D eigenvalue weighted by molar-refractivity contribution is 7.80. The van der Waals surface area contributed by atoms with Crippen molar-refractivity contribution < 1.29 is 18.9 Å². The van der Waals surface area contributed by atoms with E-state index in [1.807, 2.05) is 24.3 Å². The molecule has 26 heavy (non-hydrogen) atoms. The lowest BCUT2D eigenvalue weighted by Gasteiger charge is -2.25. The molecule has 0 bridgehead atoms. The molecule has 0 saturated carbocycles. The van der Waals surface area contributed by atoms with Crippen LogP contribution in [0.3, 0.4) is 0 Å². The number of fused-ring (bicyclic) bond motifs is 3. The highest BCUT2D eigenvalue weighted by atomic mass is 32.1. The third-order valence-electron chi connectivity index (χ3n) is 4.62. The van der Waals surface area contributed by atoms with Gasteiger partial charge in [-0.3, -0.25) is 4.79 Å². The van der Waals surface area contributed by atoms with Gasteiger partial charge in [0.25, 0.3) is 5.56 Å². The zero-order valence-corrected chi connectivity index (χ0v) is 15.2. The molecule has 1 fully saturated rings. The number of pyridine rings is 1. The fraction of sp³-hybridized carbons (Fsp3) is 0.421. The van der Waals surface area contributed by atoms with E-state index >= 15 is 0 Å². The average molecular weight is 375 g/mol. The zero-order valence-electron chi connectivity index (χ0n) is 14.3. The Hall–Kier alpha value is -1.96. The molecular formula is C19H21NO5S. The van der Waals surface area contributed by atoms with Gasteiger partial charge < -0.3 is 23.5 Å². The first kappa shape index (κ1) is 17.5. The quantitative estimate of drug-likeness (QED) is 0.641. The zero-order chi connectivity index (χ0) is 17.9. The first-order valence-corrected chi connectivity index (χ1v) is 9.32. The second-order valence-corrected chi connectivity index (χ2v) is 6.55. The number of ether oxygens (including phenoxy) is 4. The minimum atomic E-state index is -0.106. The predicted molar refractivity (Wildman–Crippen MR) is 100 cm³/mol. The standard InChI is InChI=1S/C19H21NO5S/c21-19-9-15(24-11-16-10-22-5-6-23-16)8-18-17-7-14(25-12-26)2-1-13(17)3-4-20(18)19/h1-2,7-9,16,26H,3-6,10-12H2/t16-/m1/s1. The number of hydrogen-bond donors (Lipinski definition) is 1. The molecule has 0 radical (unpaired) electrons. The van der Waals surface area contributed by atoms with Gasteiger partial charge in [0.05, 0.1) is 25.5 Å². The number of hydrogen-bond acceptors (Lipinski definition) is 6. The molecule has 0 unspecified atom stereocenters. The highest BCUT2D eigenvalue weighted by Gasteiger charge is 2.20. The number of nitrogens with zero attached hydrogens (tertiary/aromatic N) is 1. The van der Waals surface area contributed by atoms with E-state index in [0.717, 1.165) is 23.4 Å². The first-order chi connectivity index (χ1) is 12.7. The molecule has 3 heterocycles. The van der Waals surface area contributed by atoms with E-state index in [0.29, 0.717) is 44.7 Å². The number of aromatic nitrogens is 1. The molecule has 2 aliphatic heterocycles. The molecule has 6 nitrogen and oxygen atoms in total. The van der Waals surface area contributed by atoms with Gasteiger partial charge in [0.1, 0.15) is 30.1 Å². The Bertz CT molecular complexity index is 844. The molecule has 4 rings (SSSR count). The monoisotopic (exact) mass is 375 g/mol. The summed E-state index contributed by atoms with van der Waals surface area (Å²) in [5.41, 5.74) is 2.97. The van der Waals surface area contributed by atoms with Crippen molar-refractivity contribution in [2.24, 2.45) is 0 Å². The van der Waals surface area contributed by atoms with Crippen molar-refractivity contribution in [3.05, 3.63) is 46.2 Å². The molecule has 0 N–H and O–H groups in total. The van der Waals surface area contributed by atoms with Gasteiger partial charge in [0.15, 0.2) is 0 Å². The molecule has 1 aromatic heterocycles. The van der Waals surface area contributed by atoms with E-state index in [1.54, 1.807) is 4.57 Å².